The van der Waals surface area contributed by atoms with Crippen LogP contribution in [0.4, 0.5) is 0 Å². The topological polar surface area (TPSA) is 63.3 Å². The molecule has 82 valence electrons. The predicted molar refractivity (Wildman–Crippen MR) is 58.3 cm³/mol. The van der Waals surface area contributed by atoms with E-state index < -0.39 is 5.97 Å². The lowest BCUT2D eigenvalue weighted by Crippen LogP contribution is -1.95. The van der Waals surface area contributed by atoms with Gasteiger partial charge in [0.15, 0.2) is 5.89 Å². The molecule has 1 heterocycles. The summed E-state index contributed by atoms with van der Waals surface area (Å²) in [6.07, 6.45) is 2.26. The molecule has 4 heteroatoms. The van der Waals surface area contributed by atoms with Crippen molar-refractivity contribution < 1.29 is 14.3 Å². The van der Waals surface area contributed by atoms with Gasteiger partial charge in [-0.2, -0.15) is 0 Å². The van der Waals surface area contributed by atoms with E-state index >= 15 is 0 Å². The number of carboxylic acid groups (broad SMARTS) is 1. The second kappa shape index (κ2) is 4.18. The Labute approximate surface area is 92.6 Å². The maximum absolute atomic E-state index is 10.8. The van der Waals surface area contributed by atoms with Gasteiger partial charge in [0.2, 0.25) is 0 Å². The van der Waals surface area contributed by atoms with Crippen LogP contribution in [-0.4, -0.2) is 16.1 Å². The van der Waals surface area contributed by atoms with Crippen molar-refractivity contribution in [1.29, 1.82) is 0 Å². The van der Waals surface area contributed by atoms with Gasteiger partial charge >= 0.3 is 5.97 Å². The highest BCUT2D eigenvalue weighted by Crippen LogP contribution is 2.20. The smallest absolute Gasteiger partial charge is 0.335 e. The van der Waals surface area contributed by atoms with Gasteiger partial charge in [0, 0.05) is 12.0 Å². The number of aromatic nitrogens is 1. The molecule has 1 aromatic heterocycles. The molecule has 0 unspecified atom stereocenters. The van der Waals surface area contributed by atoms with Crippen LogP contribution in [0.3, 0.4) is 0 Å². The minimum atomic E-state index is -0.943. The molecule has 1 N–H and O–H groups in total. The molecule has 1 aromatic carbocycles. The third-order valence-corrected chi connectivity index (χ3v) is 2.26. The predicted octanol–water partition coefficient (Wildman–Crippen LogP) is 2.60. The highest BCUT2D eigenvalue weighted by molar-refractivity contribution is 5.89. The van der Waals surface area contributed by atoms with E-state index in [1.165, 1.54) is 0 Å². The van der Waals surface area contributed by atoms with E-state index in [4.69, 9.17) is 9.52 Å². The third kappa shape index (κ3) is 1.95. The molecule has 0 radical (unpaired) electrons. The van der Waals surface area contributed by atoms with Crippen LogP contribution in [0.1, 0.15) is 23.2 Å². The first-order valence-corrected chi connectivity index (χ1v) is 4.99. The van der Waals surface area contributed by atoms with Gasteiger partial charge in [0.25, 0.3) is 0 Å². The number of oxazole rings is 1. The minimum absolute atomic E-state index is 0.249. The fraction of sp³-hybridized carbons (Fsp3) is 0.167. The van der Waals surface area contributed by atoms with Crippen molar-refractivity contribution in [2.24, 2.45) is 0 Å². The molecule has 16 heavy (non-hydrogen) atoms. The number of carboxylic acids is 1. The van der Waals surface area contributed by atoms with Gasteiger partial charge in [-0.1, -0.05) is 19.1 Å². The lowest BCUT2D eigenvalue weighted by atomic mass is 10.1. The second-order valence-electron chi connectivity index (χ2n) is 3.37. The number of aryl methyl sites for hydroxylation is 1. The van der Waals surface area contributed by atoms with Crippen LogP contribution in [0.25, 0.3) is 11.3 Å². The molecular weight excluding hydrogens is 206 g/mol. The fourth-order valence-electron chi connectivity index (χ4n) is 1.42. The number of hydrogen-bond acceptors (Lipinski definition) is 3. The van der Waals surface area contributed by atoms with Gasteiger partial charge in [-0.3, -0.25) is 0 Å². The maximum atomic E-state index is 10.8. The highest BCUT2D eigenvalue weighted by atomic mass is 16.4. The summed E-state index contributed by atoms with van der Waals surface area (Å²) in [5, 5.41) is 8.86. The monoisotopic (exact) mass is 217 g/mol. The van der Waals surface area contributed by atoms with Crippen molar-refractivity contribution >= 4 is 5.97 Å². The fourth-order valence-corrected chi connectivity index (χ4v) is 1.42. The Morgan fingerprint density at radius 2 is 2.31 bits per heavy atom. The molecule has 0 aliphatic heterocycles. The minimum Gasteiger partial charge on any atom is -0.478 e. The van der Waals surface area contributed by atoms with Crippen LogP contribution in [0.15, 0.2) is 34.9 Å². The van der Waals surface area contributed by atoms with Crippen LogP contribution < -0.4 is 0 Å². The van der Waals surface area contributed by atoms with Gasteiger partial charge in [-0.25, -0.2) is 9.78 Å². The zero-order valence-electron chi connectivity index (χ0n) is 8.80. The number of hydrogen-bond donors (Lipinski definition) is 1. The number of carbonyl (C=O) groups is 1. The molecule has 0 aliphatic rings. The SMILES string of the molecule is CCc1nc(-c2cccc(C(=O)O)c2)co1. The van der Waals surface area contributed by atoms with Crippen LogP contribution in [0, 0.1) is 0 Å². The Bertz CT molecular complexity index is 516. The van der Waals surface area contributed by atoms with Crippen molar-refractivity contribution in [2.75, 3.05) is 0 Å². The first-order valence-electron chi connectivity index (χ1n) is 4.99. The standard InChI is InChI=1S/C12H11NO3/c1-2-11-13-10(7-16-11)8-4-3-5-9(6-8)12(14)15/h3-7H,2H2,1H3,(H,14,15). The van der Waals surface area contributed by atoms with E-state index in [1.807, 2.05) is 13.0 Å². The molecule has 4 nitrogen and oxygen atoms in total. The molecule has 0 saturated carbocycles. The van der Waals surface area contributed by atoms with Crippen molar-refractivity contribution in [3.63, 3.8) is 0 Å². The van der Waals surface area contributed by atoms with Crippen LogP contribution in [0.2, 0.25) is 0 Å². The zero-order chi connectivity index (χ0) is 11.5. The summed E-state index contributed by atoms with van der Waals surface area (Å²) in [7, 11) is 0. The highest BCUT2D eigenvalue weighted by Gasteiger charge is 2.08. The molecule has 0 amide bonds. The second-order valence-corrected chi connectivity index (χ2v) is 3.37. The molecule has 0 aliphatic carbocycles. The van der Waals surface area contributed by atoms with Crippen LogP contribution >= 0.6 is 0 Å². The first kappa shape index (κ1) is 10.4. The van der Waals surface area contributed by atoms with Crippen LogP contribution in [-0.2, 0) is 6.42 Å². The van der Waals surface area contributed by atoms with Crippen molar-refractivity contribution in [3.05, 3.63) is 42.0 Å². The van der Waals surface area contributed by atoms with Gasteiger partial charge in [-0.15, -0.1) is 0 Å². The van der Waals surface area contributed by atoms with Crippen molar-refractivity contribution in [2.45, 2.75) is 13.3 Å². The summed E-state index contributed by atoms with van der Waals surface area (Å²) in [5.74, 6) is -0.295. The third-order valence-electron chi connectivity index (χ3n) is 2.26. The normalized spacial score (nSPS) is 10.3. The summed E-state index contributed by atoms with van der Waals surface area (Å²) in [5.41, 5.74) is 1.67. The molecule has 0 fully saturated rings. The van der Waals surface area contributed by atoms with E-state index in [2.05, 4.69) is 4.98 Å². The molecule has 0 spiro atoms. The molecule has 0 saturated heterocycles. The Morgan fingerprint density at radius 3 is 2.94 bits per heavy atom. The Hall–Kier alpha value is -2.10. The molecule has 2 aromatic rings. The van der Waals surface area contributed by atoms with Gasteiger partial charge in [0.1, 0.15) is 12.0 Å². The first-order chi connectivity index (χ1) is 7.70. The van der Waals surface area contributed by atoms with Crippen molar-refractivity contribution in [1.82, 2.24) is 4.98 Å². The number of rotatable bonds is 3. The van der Waals surface area contributed by atoms with Crippen LogP contribution in [0.5, 0.6) is 0 Å². The summed E-state index contributed by atoms with van der Waals surface area (Å²) in [6, 6.07) is 6.63. The van der Waals surface area contributed by atoms with E-state index in [0.29, 0.717) is 11.6 Å². The number of nitrogens with zero attached hydrogens (tertiary/aromatic N) is 1. The molecular formula is C12H11NO3. The lowest BCUT2D eigenvalue weighted by molar-refractivity contribution is 0.0697. The Kier molecular flexibility index (Phi) is 2.72. The summed E-state index contributed by atoms with van der Waals surface area (Å²) in [4.78, 5) is 15.0. The molecule has 0 atom stereocenters. The number of benzene rings is 1. The average Bonchev–Trinajstić information content (AvgIpc) is 2.77. The van der Waals surface area contributed by atoms with Gasteiger partial charge in [0.05, 0.1) is 5.56 Å². The zero-order valence-corrected chi connectivity index (χ0v) is 8.80. The molecule has 2 rings (SSSR count). The average molecular weight is 217 g/mol. The maximum Gasteiger partial charge on any atom is 0.335 e. The van der Waals surface area contributed by atoms with E-state index in [-0.39, 0.29) is 5.56 Å². The summed E-state index contributed by atoms with van der Waals surface area (Å²) >= 11 is 0. The van der Waals surface area contributed by atoms with E-state index in [0.717, 1.165) is 12.0 Å². The lowest BCUT2D eigenvalue weighted by Gasteiger charge is -1.97. The largest absolute Gasteiger partial charge is 0.478 e. The quantitative estimate of drug-likeness (QED) is 0.858. The van der Waals surface area contributed by atoms with Gasteiger partial charge < -0.3 is 9.52 Å². The Morgan fingerprint density at radius 1 is 1.50 bits per heavy atom. The van der Waals surface area contributed by atoms with E-state index in [1.54, 1.807) is 24.5 Å². The molecule has 0 bridgehead atoms. The van der Waals surface area contributed by atoms with Gasteiger partial charge in [-0.05, 0) is 12.1 Å². The van der Waals surface area contributed by atoms with Crippen molar-refractivity contribution in [3.8, 4) is 11.3 Å². The number of aromatic carboxylic acids is 1. The Balaban J connectivity index is 2.40. The summed E-state index contributed by atoms with van der Waals surface area (Å²) in [6.45, 7) is 1.95. The van der Waals surface area contributed by atoms with E-state index in [9.17, 15) is 4.79 Å². The summed E-state index contributed by atoms with van der Waals surface area (Å²) < 4.78 is 5.21.